The second-order valence-electron chi connectivity index (χ2n) is 9.13. The molecular formula is C26H33Cl2N3O. The number of hydrogen-bond donors (Lipinski definition) is 1. The van der Waals surface area contributed by atoms with E-state index in [1.165, 1.54) is 43.5 Å². The molecule has 2 aliphatic heterocycles. The minimum Gasteiger partial charge on any atom is -0.352 e. The van der Waals surface area contributed by atoms with Crippen molar-refractivity contribution >= 4 is 29.1 Å². The summed E-state index contributed by atoms with van der Waals surface area (Å²) < 4.78 is 0. The Bertz CT molecular complexity index is 885. The first-order valence-electron chi connectivity index (χ1n) is 11.8. The average molecular weight is 474 g/mol. The van der Waals surface area contributed by atoms with E-state index in [1.54, 1.807) is 0 Å². The maximum atomic E-state index is 12.8. The third-order valence-electron chi connectivity index (χ3n) is 6.71. The summed E-state index contributed by atoms with van der Waals surface area (Å²) in [5.41, 5.74) is 3.49. The third kappa shape index (κ3) is 6.48. The number of carbonyl (C=O) groups is 1. The zero-order chi connectivity index (χ0) is 22.3. The number of halogens is 2. The summed E-state index contributed by atoms with van der Waals surface area (Å²) in [7, 11) is 0. The normalized spacial score (nSPS) is 18.6. The summed E-state index contributed by atoms with van der Waals surface area (Å²) in [6, 6.07) is 14.3. The van der Waals surface area contributed by atoms with E-state index in [2.05, 4.69) is 39.4 Å². The van der Waals surface area contributed by atoms with Crippen molar-refractivity contribution in [1.82, 2.24) is 15.1 Å². The number of benzene rings is 2. The van der Waals surface area contributed by atoms with E-state index < -0.39 is 0 Å². The first-order valence-corrected chi connectivity index (χ1v) is 12.6. The van der Waals surface area contributed by atoms with Crippen molar-refractivity contribution in [2.24, 2.45) is 5.92 Å². The summed E-state index contributed by atoms with van der Waals surface area (Å²) in [5, 5.41) is 4.59. The lowest BCUT2D eigenvalue weighted by Crippen LogP contribution is -2.40. The Hall–Kier alpha value is -1.59. The molecule has 0 atom stereocenters. The van der Waals surface area contributed by atoms with Gasteiger partial charge >= 0.3 is 0 Å². The lowest BCUT2D eigenvalue weighted by atomic mass is 9.95. The molecule has 2 aliphatic rings. The Balaban J connectivity index is 1.23. The number of nitrogens with zero attached hydrogens (tertiary/aromatic N) is 2. The van der Waals surface area contributed by atoms with Crippen molar-refractivity contribution in [3.63, 3.8) is 0 Å². The third-order valence-corrected chi connectivity index (χ3v) is 7.42. The van der Waals surface area contributed by atoms with Crippen molar-refractivity contribution in [2.75, 3.05) is 26.2 Å². The standard InChI is InChI=1S/C26H33Cl2N3O/c27-24-8-5-9-25(28)23(24)19-31-14-10-22(11-15-31)26(32)29-17-20-6-4-7-21(16-20)18-30-12-2-1-3-13-30/h4-9,16,22H,1-3,10-15,17-19H2,(H,29,32). The molecule has 0 bridgehead atoms. The Morgan fingerprint density at radius 2 is 1.47 bits per heavy atom. The monoisotopic (exact) mass is 473 g/mol. The molecule has 32 heavy (non-hydrogen) atoms. The van der Waals surface area contributed by atoms with Crippen LogP contribution in [-0.4, -0.2) is 41.9 Å². The fourth-order valence-electron chi connectivity index (χ4n) is 4.81. The van der Waals surface area contributed by atoms with Crippen LogP contribution >= 0.6 is 23.2 Å². The van der Waals surface area contributed by atoms with Gasteiger partial charge in [-0.3, -0.25) is 14.6 Å². The molecule has 4 nitrogen and oxygen atoms in total. The second-order valence-corrected chi connectivity index (χ2v) is 9.94. The Kier molecular flexibility index (Phi) is 8.48. The van der Waals surface area contributed by atoms with Gasteiger partial charge in [-0.2, -0.15) is 0 Å². The van der Waals surface area contributed by atoms with Gasteiger partial charge in [0.1, 0.15) is 0 Å². The Morgan fingerprint density at radius 1 is 0.844 bits per heavy atom. The van der Waals surface area contributed by atoms with Crippen LogP contribution in [0.4, 0.5) is 0 Å². The summed E-state index contributed by atoms with van der Waals surface area (Å²) in [6.07, 6.45) is 5.70. The summed E-state index contributed by atoms with van der Waals surface area (Å²) in [6.45, 7) is 6.50. The molecule has 6 heteroatoms. The number of piperidine rings is 2. The maximum absolute atomic E-state index is 12.8. The fourth-order valence-corrected chi connectivity index (χ4v) is 5.32. The molecule has 1 amide bonds. The predicted octanol–water partition coefficient (Wildman–Crippen LogP) is 5.51. The van der Waals surface area contributed by atoms with Gasteiger partial charge in [-0.25, -0.2) is 0 Å². The summed E-state index contributed by atoms with van der Waals surface area (Å²) >= 11 is 12.6. The van der Waals surface area contributed by atoms with E-state index in [-0.39, 0.29) is 11.8 Å². The van der Waals surface area contributed by atoms with E-state index in [0.717, 1.165) is 44.6 Å². The van der Waals surface area contributed by atoms with Gasteiger partial charge in [0.15, 0.2) is 0 Å². The van der Waals surface area contributed by atoms with Gasteiger partial charge in [-0.05, 0) is 75.1 Å². The number of likely N-dealkylation sites (tertiary alicyclic amines) is 2. The van der Waals surface area contributed by atoms with Crippen LogP contribution in [0.25, 0.3) is 0 Å². The zero-order valence-corrected chi connectivity index (χ0v) is 20.2. The molecule has 0 unspecified atom stereocenters. The van der Waals surface area contributed by atoms with E-state index in [0.29, 0.717) is 16.6 Å². The lowest BCUT2D eigenvalue weighted by Gasteiger charge is -2.31. The largest absolute Gasteiger partial charge is 0.352 e. The molecule has 4 rings (SSSR count). The van der Waals surface area contributed by atoms with Crippen LogP contribution in [0.3, 0.4) is 0 Å². The second kappa shape index (κ2) is 11.5. The molecule has 0 aromatic heterocycles. The molecule has 2 heterocycles. The lowest BCUT2D eigenvalue weighted by molar-refractivity contribution is -0.126. The van der Waals surface area contributed by atoms with Gasteiger partial charge in [0, 0.05) is 41.2 Å². The quantitative estimate of drug-likeness (QED) is 0.575. The fraction of sp³-hybridized carbons (Fsp3) is 0.500. The molecular weight excluding hydrogens is 441 g/mol. The van der Waals surface area contributed by atoms with Crippen LogP contribution in [0.1, 0.15) is 48.8 Å². The minimum atomic E-state index is 0.0736. The van der Waals surface area contributed by atoms with Gasteiger partial charge in [0.2, 0.25) is 5.91 Å². The molecule has 2 aromatic carbocycles. The molecule has 1 N–H and O–H groups in total. The van der Waals surface area contributed by atoms with Crippen molar-refractivity contribution in [1.29, 1.82) is 0 Å². The highest BCUT2D eigenvalue weighted by atomic mass is 35.5. The minimum absolute atomic E-state index is 0.0736. The molecule has 172 valence electrons. The SMILES string of the molecule is O=C(NCc1cccc(CN2CCCCC2)c1)C1CCN(Cc2c(Cl)cccc2Cl)CC1. The van der Waals surface area contributed by atoms with Crippen molar-refractivity contribution in [3.8, 4) is 0 Å². The molecule has 2 fully saturated rings. The van der Waals surface area contributed by atoms with Crippen molar-refractivity contribution in [2.45, 2.75) is 51.7 Å². The Morgan fingerprint density at radius 3 is 2.19 bits per heavy atom. The number of rotatable bonds is 7. The van der Waals surface area contributed by atoms with Crippen LogP contribution in [0, 0.1) is 5.92 Å². The summed E-state index contributed by atoms with van der Waals surface area (Å²) in [4.78, 5) is 17.6. The molecule has 2 saturated heterocycles. The highest BCUT2D eigenvalue weighted by Gasteiger charge is 2.25. The van der Waals surface area contributed by atoms with Gasteiger partial charge in [0.25, 0.3) is 0 Å². The molecule has 0 spiro atoms. The van der Waals surface area contributed by atoms with Gasteiger partial charge in [-0.15, -0.1) is 0 Å². The number of nitrogens with one attached hydrogen (secondary N) is 1. The molecule has 0 radical (unpaired) electrons. The summed E-state index contributed by atoms with van der Waals surface area (Å²) in [5.74, 6) is 0.242. The van der Waals surface area contributed by atoms with Crippen LogP contribution in [0.15, 0.2) is 42.5 Å². The number of carbonyl (C=O) groups excluding carboxylic acids is 1. The smallest absolute Gasteiger partial charge is 0.223 e. The molecule has 0 saturated carbocycles. The van der Waals surface area contributed by atoms with Crippen molar-refractivity contribution in [3.05, 3.63) is 69.2 Å². The zero-order valence-electron chi connectivity index (χ0n) is 18.7. The highest BCUT2D eigenvalue weighted by molar-refractivity contribution is 6.35. The van der Waals surface area contributed by atoms with Gasteiger partial charge in [-0.1, -0.05) is 60.0 Å². The van der Waals surface area contributed by atoms with Gasteiger partial charge < -0.3 is 5.32 Å². The van der Waals surface area contributed by atoms with Crippen LogP contribution in [0.2, 0.25) is 10.0 Å². The number of hydrogen-bond acceptors (Lipinski definition) is 3. The first kappa shape index (κ1) is 23.6. The highest BCUT2D eigenvalue weighted by Crippen LogP contribution is 2.27. The maximum Gasteiger partial charge on any atom is 0.223 e. The average Bonchev–Trinajstić information content (AvgIpc) is 2.81. The van der Waals surface area contributed by atoms with Crippen molar-refractivity contribution < 1.29 is 4.79 Å². The van der Waals surface area contributed by atoms with Crippen LogP contribution in [-0.2, 0) is 24.4 Å². The Labute approximate surface area is 201 Å². The van der Waals surface area contributed by atoms with E-state index >= 15 is 0 Å². The van der Waals surface area contributed by atoms with Gasteiger partial charge in [0.05, 0.1) is 0 Å². The molecule has 2 aromatic rings. The first-order chi connectivity index (χ1) is 15.6. The van der Waals surface area contributed by atoms with Crippen LogP contribution < -0.4 is 5.32 Å². The van der Waals surface area contributed by atoms with E-state index in [4.69, 9.17) is 23.2 Å². The van der Waals surface area contributed by atoms with Crippen LogP contribution in [0.5, 0.6) is 0 Å². The topological polar surface area (TPSA) is 35.6 Å². The molecule has 0 aliphatic carbocycles. The predicted molar refractivity (Wildman–Crippen MR) is 132 cm³/mol. The van der Waals surface area contributed by atoms with E-state index in [1.807, 2.05) is 18.2 Å². The van der Waals surface area contributed by atoms with E-state index in [9.17, 15) is 4.79 Å². The number of amides is 1.